The van der Waals surface area contributed by atoms with Crippen LogP contribution < -0.4 is 0 Å². The van der Waals surface area contributed by atoms with Gasteiger partial charge in [0.15, 0.2) is 4.33 Å². The Bertz CT molecular complexity index is 331. The maximum Gasteiger partial charge on any atom is 0.272 e. The van der Waals surface area contributed by atoms with Crippen LogP contribution in [0.2, 0.25) is 0 Å². The molecule has 1 amide bonds. The van der Waals surface area contributed by atoms with E-state index < -0.39 is 20.3 Å². The Balaban J connectivity index is 5.06. The molecule has 0 aliphatic carbocycles. The fraction of sp³-hybridized carbons (Fsp3) is 0.571. The van der Waals surface area contributed by atoms with Crippen LogP contribution in [-0.2, 0) is 14.8 Å². The zero-order chi connectivity index (χ0) is 11.6. The summed E-state index contributed by atoms with van der Waals surface area (Å²) in [5.74, 6) is -0.886. The number of halogens is 2. The third kappa shape index (κ3) is 3.86. The van der Waals surface area contributed by atoms with Crippen molar-refractivity contribution >= 4 is 39.1 Å². The van der Waals surface area contributed by atoms with E-state index >= 15 is 0 Å². The lowest BCUT2D eigenvalue weighted by molar-refractivity contribution is -0.126. The molecule has 0 aromatic carbocycles. The largest absolute Gasteiger partial charge is 0.272 e. The lowest BCUT2D eigenvalue weighted by Crippen LogP contribution is -2.43. The van der Waals surface area contributed by atoms with Crippen molar-refractivity contribution in [3.8, 4) is 0 Å². The van der Waals surface area contributed by atoms with Crippen LogP contribution in [0.5, 0.6) is 0 Å². The molecule has 0 aliphatic heterocycles. The third-order valence-corrected chi connectivity index (χ3v) is 2.74. The maximum atomic E-state index is 11.4. The fourth-order valence-electron chi connectivity index (χ4n) is 0.705. The van der Waals surface area contributed by atoms with Crippen molar-refractivity contribution in [2.45, 2.75) is 11.3 Å². The van der Waals surface area contributed by atoms with Crippen molar-refractivity contribution in [1.82, 2.24) is 4.31 Å². The summed E-state index contributed by atoms with van der Waals surface area (Å²) < 4.78 is 21.1. The molecule has 0 bridgehead atoms. The predicted octanol–water partition coefficient (Wildman–Crippen LogP) is 1.15. The highest BCUT2D eigenvalue weighted by Crippen LogP contribution is 2.23. The van der Waals surface area contributed by atoms with E-state index in [4.69, 9.17) is 23.2 Å². The summed E-state index contributed by atoms with van der Waals surface area (Å²) in [6.45, 7) is 4.40. The van der Waals surface area contributed by atoms with Crippen LogP contribution in [0.1, 0.15) is 6.92 Å². The molecular formula is C7H11Cl2NO3S. The molecule has 0 atom stereocenters. The summed E-state index contributed by atoms with van der Waals surface area (Å²) in [7, 11) is -3.67. The van der Waals surface area contributed by atoms with Gasteiger partial charge in [-0.25, -0.2) is 12.7 Å². The fourth-order valence-corrected chi connectivity index (χ4v) is 1.87. The molecule has 7 heteroatoms. The summed E-state index contributed by atoms with van der Waals surface area (Å²) in [5.41, 5.74) is 0. The van der Waals surface area contributed by atoms with Gasteiger partial charge in [-0.1, -0.05) is 29.3 Å². The highest BCUT2D eigenvalue weighted by Gasteiger charge is 2.36. The van der Waals surface area contributed by atoms with E-state index in [0.29, 0.717) is 4.31 Å². The van der Waals surface area contributed by atoms with Crippen LogP contribution in [0.4, 0.5) is 0 Å². The lowest BCUT2D eigenvalue weighted by Gasteiger charge is -2.23. The van der Waals surface area contributed by atoms with E-state index in [2.05, 4.69) is 6.58 Å². The monoisotopic (exact) mass is 259 g/mol. The standard InChI is InChI=1S/C7H11Cl2NO3S/c1-4-5-10(14(3,12)13)6(11)7(2,8)9/h4H,1,5H2,2-3H3. The Hall–Kier alpha value is -0.260. The van der Waals surface area contributed by atoms with E-state index in [1.54, 1.807) is 0 Å². The summed E-state index contributed by atoms with van der Waals surface area (Å²) in [4.78, 5) is 11.4. The minimum absolute atomic E-state index is 0.146. The van der Waals surface area contributed by atoms with Crippen LogP contribution in [0, 0.1) is 0 Å². The molecule has 0 spiro atoms. The van der Waals surface area contributed by atoms with Crippen molar-refractivity contribution in [2.24, 2.45) is 0 Å². The summed E-state index contributed by atoms with van der Waals surface area (Å²) in [5, 5.41) is 0. The van der Waals surface area contributed by atoms with Gasteiger partial charge in [-0.2, -0.15) is 0 Å². The number of alkyl halides is 2. The molecular weight excluding hydrogens is 249 g/mol. The van der Waals surface area contributed by atoms with Gasteiger partial charge in [0, 0.05) is 0 Å². The molecule has 4 nitrogen and oxygen atoms in total. The topological polar surface area (TPSA) is 54.5 Å². The first-order chi connectivity index (χ1) is 6.10. The zero-order valence-electron chi connectivity index (χ0n) is 7.83. The van der Waals surface area contributed by atoms with Gasteiger partial charge in [-0.05, 0) is 6.92 Å². The predicted molar refractivity (Wildman–Crippen MR) is 56.9 cm³/mol. The zero-order valence-corrected chi connectivity index (χ0v) is 10.2. The van der Waals surface area contributed by atoms with Gasteiger partial charge >= 0.3 is 0 Å². The lowest BCUT2D eigenvalue weighted by atomic mass is 10.4. The molecule has 0 radical (unpaired) electrons. The van der Waals surface area contributed by atoms with Gasteiger partial charge in [-0.3, -0.25) is 4.79 Å². The first-order valence-corrected chi connectivity index (χ1v) is 6.22. The molecule has 0 fully saturated rings. The van der Waals surface area contributed by atoms with Gasteiger partial charge in [0.25, 0.3) is 5.91 Å². The summed E-state index contributed by atoms with van der Waals surface area (Å²) in [6, 6.07) is 0. The molecule has 14 heavy (non-hydrogen) atoms. The quantitative estimate of drug-likeness (QED) is 0.563. The first kappa shape index (κ1) is 13.7. The number of hydrogen-bond acceptors (Lipinski definition) is 3. The van der Waals surface area contributed by atoms with Crippen molar-refractivity contribution in [3.05, 3.63) is 12.7 Å². The van der Waals surface area contributed by atoms with E-state index in [1.165, 1.54) is 13.0 Å². The Morgan fingerprint density at radius 3 is 2.21 bits per heavy atom. The molecule has 0 unspecified atom stereocenters. The van der Waals surface area contributed by atoms with Crippen LogP contribution in [-0.4, -0.2) is 35.8 Å². The highest BCUT2D eigenvalue weighted by molar-refractivity contribution is 7.88. The number of sulfonamides is 1. The number of rotatable bonds is 4. The third-order valence-electron chi connectivity index (χ3n) is 1.30. The van der Waals surface area contributed by atoms with Gasteiger partial charge < -0.3 is 0 Å². The molecule has 0 saturated heterocycles. The average Bonchev–Trinajstić information content (AvgIpc) is 1.94. The molecule has 0 aliphatic rings. The van der Waals surface area contributed by atoms with Crippen molar-refractivity contribution in [3.63, 3.8) is 0 Å². The molecule has 0 rings (SSSR count). The molecule has 0 aromatic heterocycles. The second-order valence-corrected chi connectivity index (χ2v) is 6.39. The van der Waals surface area contributed by atoms with Gasteiger partial charge in [0.2, 0.25) is 10.0 Å². The van der Waals surface area contributed by atoms with Gasteiger partial charge in [-0.15, -0.1) is 6.58 Å². The average molecular weight is 260 g/mol. The smallest absolute Gasteiger partial charge is 0.270 e. The second kappa shape index (κ2) is 4.51. The van der Waals surface area contributed by atoms with Gasteiger partial charge in [0.1, 0.15) is 0 Å². The summed E-state index contributed by atoms with van der Waals surface area (Å²) >= 11 is 11.0. The molecule has 0 saturated carbocycles. The van der Waals surface area contributed by atoms with Crippen LogP contribution in [0.3, 0.4) is 0 Å². The Morgan fingerprint density at radius 2 is 2.00 bits per heavy atom. The first-order valence-electron chi connectivity index (χ1n) is 3.61. The van der Waals surface area contributed by atoms with E-state index in [9.17, 15) is 13.2 Å². The molecule has 82 valence electrons. The number of carbonyl (C=O) groups is 1. The maximum absolute atomic E-state index is 11.4. The Labute approximate surface area is 93.5 Å². The van der Waals surface area contributed by atoms with Crippen molar-refractivity contribution in [1.29, 1.82) is 0 Å². The van der Waals surface area contributed by atoms with Crippen molar-refractivity contribution in [2.75, 3.05) is 12.8 Å². The molecule has 0 aromatic rings. The Kier molecular flexibility index (Phi) is 4.42. The minimum Gasteiger partial charge on any atom is -0.270 e. The highest BCUT2D eigenvalue weighted by atomic mass is 35.5. The van der Waals surface area contributed by atoms with E-state index in [0.717, 1.165) is 6.26 Å². The SMILES string of the molecule is C=CCN(C(=O)C(C)(Cl)Cl)S(C)(=O)=O. The molecule has 0 N–H and O–H groups in total. The van der Waals surface area contributed by atoms with E-state index in [-0.39, 0.29) is 6.54 Å². The van der Waals surface area contributed by atoms with Crippen LogP contribution >= 0.6 is 23.2 Å². The number of nitrogens with zero attached hydrogens (tertiary/aromatic N) is 1. The minimum atomic E-state index is -3.67. The van der Waals surface area contributed by atoms with Crippen LogP contribution in [0.25, 0.3) is 0 Å². The second-order valence-electron chi connectivity index (χ2n) is 2.78. The Morgan fingerprint density at radius 1 is 1.57 bits per heavy atom. The summed E-state index contributed by atoms with van der Waals surface area (Å²) in [6.07, 6.45) is 2.17. The number of hydrogen-bond donors (Lipinski definition) is 0. The number of amides is 1. The van der Waals surface area contributed by atoms with Gasteiger partial charge in [0.05, 0.1) is 12.8 Å². The van der Waals surface area contributed by atoms with E-state index in [1.807, 2.05) is 0 Å². The number of carbonyl (C=O) groups excluding carboxylic acids is 1. The van der Waals surface area contributed by atoms with Crippen molar-refractivity contribution < 1.29 is 13.2 Å². The molecule has 0 heterocycles. The normalized spacial score (nSPS) is 12.3. The van der Waals surface area contributed by atoms with Crippen LogP contribution in [0.15, 0.2) is 12.7 Å².